The van der Waals surface area contributed by atoms with Gasteiger partial charge in [-0.15, -0.1) is 0 Å². The lowest BCUT2D eigenvalue weighted by atomic mass is 10.0. The lowest BCUT2D eigenvalue weighted by molar-refractivity contribution is -0.123. The minimum Gasteiger partial charge on any atom is -0.345 e. The van der Waals surface area contributed by atoms with Gasteiger partial charge in [0.1, 0.15) is 5.82 Å². The number of nitriles is 1. The Morgan fingerprint density at radius 2 is 1.74 bits per heavy atom. The summed E-state index contributed by atoms with van der Waals surface area (Å²) in [6, 6.07) is 15.0. The van der Waals surface area contributed by atoms with Gasteiger partial charge in [-0.3, -0.25) is 4.79 Å². The normalized spacial score (nSPS) is 10.5. The van der Waals surface area contributed by atoms with Crippen LogP contribution < -0.4 is 10.6 Å². The fourth-order valence-corrected chi connectivity index (χ4v) is 2.98. The molecule has 0 aliphatic carbocycles. The van der Waals surface area contributed by atoms with E-state index in [9.17, 15) is 4.79 Å². The highest BCUT2D eigenvalue weighted by atomic mass is 16.2. The fourth-order valence-electron chi connectivity index (χ4n) is 2.98. The number of benzene rings is 2. The zero-order valence-corrected chi connectivity index (χ0v) is 18.0. The molecule has 1 aromatic heterocycles. The van der Waals surface area contributed by atoms with Crippen molar-refractivity contribution in [2.24, 2.45) is 0 Å². The van der Waals surface area contributed by atoms with Crippen LogP contribution in [0.5, 0.6) is 0 Å². The number of rotatable bonds is 6. The molecule has 1 amide bonds. The summed E-state index contributed by atoms with van der Waals surface area (Å²) in [5.41, 5.74) is 5.39. The number of hydrogen-bond donors (Lipinski definition) is 2. The van der Waals surface area contributed by atoms with Gasteiger partial charge in [0, 0.05) is 37.7 Å². The second-order valence-corrected chi connectivity index (χ2v) is 7.30. The smallest absolute Gasteiger partial charge is 0.246 e. The molecule has 0 aliphatic heterocycles. The summed E-state index contributed by atoms with van der Waals surface area (Å²) >= 11 is 0. The summed E-state index contributed by atoms with van der Waals surface area (Å²) < 4.78 is 0. The number of anilines is 4. The molecule has 31 heavy (non-hydrogen) atoms. The van der Waals surface area contributed by atoms with E-state index in [-0.39, 0.29) is 5.91 Å². The quantitative estimate of drug-likeness (QED) is 0.577. The van der Waals surface area contributed by atoms with Crippen molar-refractivity contribution in [2.75, 3.05) is 24.7 Å². The minimum absolute atomic E-state index is 0.0548. The van der Waals surface area contributed by atoms with Crippen molar-refractivity contribution in [3.63, 3.8) is 0 Å². The molecular weight excluding hydrogens is 388 g/mol. The molecule has 7 heteroatoms. The molecule has 3 rings (SSSR count). The number of nitrogens with zero attached hydrogens (tertiary/aromatic N) is 4. The van der Waals surface area contributed by atoms with Crippen LogP contribution in [-0.2, 0) is 4.79 Å². The van der Waals surface area contributed by atoms with Crippen molar-refractivity contribution < 1.29 is 4.79 Å². The summed E-state index contributed by atoms with van der Waals surface area (Å²) in [6.07, 6.45) is 5.05. The van der Waals surface area contributed by atoms with Crippen LogP contribution >= 0.6 is 0 Å². The first-order valence-electron chi connectivity index (χ1n) is 9.73. The number of carbonyl (C=O) groups is 1. The first-order chi connectivity index (χ1) is 14.9. The molecule has 0 unspecified atom stereocenters. The summed E-state index contributed by atoms with van der Waals surface area (Å²) in [6.45, 7) is 4.02. The number of hydrogen-bond acceptors (Lipinski definition) is 6. The third-order valence-corrected chi connectivity index (χ3v) is 4.59. The Hall–Kier alpha value is -4.18. The molecule has 156 valence electrons. The first kappa shape index (κ1) is 21.5. The number of likely N-dealkylation sites (N-methyl/N-ethyl adjacent to an activating group) is 1. The number of aryl methyl sites for hydroxylation is 2. The number of aromatic nitrogens is 2. The van der Waals surface area contributed by atoms with Crippen LogP contribution in [0.25, 0.3) is 6.08 Å². The molecule has 0 spiro atoms. The Bertz CT molecular complexity index is 1140. The van der Waals surface area contributed by atoms with Gasteiger partial charge >= 0.3 is 0 Å². The lowest BCUT2D eigenvalue weighted by Gasteiger charge is -2.14. The van der Waals surface area contributed by atoms with E-state index in [0.717, 1.165) is 28.1 Å². The van der Waals surface area contributed by atoms with E-state index in [1.807, 2.05) is 44.2 Å². The maximum absolute atomic E-state index is 11.8. The van der Waals surface area contributed by atoms with Crippen LogP contribution in [0.3, 0.4) is 0 Å². The third kappa shape index (κ3) is 5.67. The van der Waals surface area contributed by atoms with Crippen molar-refractivity contribution in [3.8, 4) is 6.07 Å². The van der Waals surface area contributed by atoms with Crippen LogP contribution in [0, 0.1) is 25.2 Å². The Morgan fingerprint density at radius 3 is 2.35 bits per heavy atom. The third-order valence-electron chi connectivity index (χ3n) is 4.59. The van der Waals surface area contributed by atoms with E-state index in [2.05, 4.69) is 26.7 Å². The lowest BCUT2D eigenvalue weighted by Crippen LogP contribution is -2.18. The Morgan fingerprint density at radius 1 is 1.06 bits per heavy atom. The second-order valence-electron chi connectivity index (χ2n) is 7.30. The van der Waals surface area contributed by atoms with Gasteiger partial charge in [0.15, 0.2) is 0 Å². The van der Waals surface area contributed by atoms with Gasteiger partial charge in [-0.2, -0.15) is 10.2 Å². The van der Waals surface area contributed by atoms with E-state index in [0.29, 0.717) is 17.3 Å². The molecule has 0 aliphatic rings. The van der Waals surface area contributed by atoms with Crippen molar-refractivity contribution in [1.82, 2.24) is 14.9 Å². The van der Waals surface area contributed by atoms with Crippen LogP contribution in [0.4, 0.5) is 23.1 Å². The summed E-state index contributed by atoms with van der Waals surface area (Å²) in [7, 11) is 3.45. The topological polar surface area (TPSA) is 93.9 Å². The highest BCUT2D eigenvalue weighted by Gasteiger charge is 2.08. The van der Waals surface area contributed by atoms with Gasteiger partial charge in [0.2, 0.25) is 11.9 Å². The van der Waals surface area contributed by atoms with Crippen molar-refractivity contribution in [2.45, 2.75) is 13.8 Å². The van der Waals surface area contributed by atoms with Gasteiger partial charge in [-0.1, -0.05) is 0 Å². The molecule has 7 nitrogen and oxygen atoms in total. The van der Waals surface area contributed by atoms with Crippen molar-refractivity contribution >= 4 is 35.1 Å². The maximum Gasteiger partial charge on any atom is 0.246 e. The SMILES string of the molecule is Cc1cc(C=CC(=O)N(C)C)cc(C)c1Nc1ccnc(Nc2ccc(C#N)cc2)n1. The molecule has 1 heterocycles. The van der Waals surface area contributed by atoms with Gasteiger partial charge < -0.3 is 15.5 Å². The molecule has 0 fully saturated rings. The molecule has 0 saturated heterocycles. The van der Waals surface area contributed by atoms with E-state index < -0.39 is 0 Å². The zero-order chi connectivity index (χ0) is 22.4. The molecule has 0 saturated carbocycles. The Labute approximate surface area is 182 Å². The fraction of sp³-hybridized carbons (Fsp3) is 0.167. The van der Waals surface area contributed by atoms with Gasteiger partial charge in [-0.05, 0) is 79.1 Å². The second kappa shape index (κ2) is 9.55. The van der Waals surface area contributed by atoms with Crippen molar-refractivity contribution in [1.29, 1.82) is 5.26 Å². The van der Waals surface area contributed by atoms with E-state index in [4.69, 9.17) is 5.26 Å². The van der Waals surface area contributed by atoms with Crippen LogP contribution in [0.2, 0.25) is 0 Å². The van der Waals surface area contributed by atoms with E-state index >= 15 is 0 Å². The predicted octanol–water partition coefficient (Wildman–Crippen LogP) is 4.55. The van der Waals surface area contributed by atoms with Gasteiger partial charge in [-0.25, -0.2) is 4.98 Å². The summed E-state index contributed by atoms with van der Waals surface area (Å²) in [4.78, 5) is 22.1. The number of carbonyl (C=O) groups excluding carboxylic acids is 1. The monoisotopic (exact) mass is 412 g/mol. The van der Waals surface area contributed by atoms with Crippen LogP contribution in [0.15, 0.2) is 54.7 Å². The van der Waals surface area contributed by atoms with Crippen molar-refractivity contribution in [3.05, 3.63) is 77.0 Å². The molecule has 2 N–H and O–H groups in total. The molecular formula is C24H24N6O. The molecule has 0 atom stereocenters. The van der Waals surface area contributed by atoms with Gasteiger partial charge in [0.25, 0.3) is 0 Å². The average Bonchev–Trinajstić information content (AvgIpc) is 2.75. The Kier molecular flexibility index (Phi) is 6.63. The molecule has 3 aromatic rings. The highest BCUT2D eigenvalue weighted by Crippen LogP contribution is 2.26. The number of amides is 1. The van der Waals surface area contributed by atoms with E-state index in [1.165, 1.54) is 4.90 Å². The minimum atomic E-state index is -0.0548. The molecule has 0 radical (unpaired) electrons. The summed E-state index contributed by atoms with van der Waals surface area (Å²) in [5, 5.41) is 15.4. The van der Waals surface area contributed by atoms with Crippen LogP contribution in [-0.4, -0.2) is 34.9 Å². The molecule has 2 aromatic carbocycles. The maximum atomic E-state index is 11.8. The van der Waals surface area contributed by atoms with Crippen LogP contribution in [0.1, 0.15) is 22.3 Å². The highest BCUT2D eigenvalue weighted by molar-refractivity contribution is 5.91. The predicted molar refractivity (Wildman–Crippen MR) is 123 cm³/mol. The first-order valence-corrected chi connectivity index (χ1v) is 9.73. The van der Waals surface area contributed by atoms with Gasteiger partial charge in [0.05, 0.1) is 11.6 Å². The average molecular weight is 412 g/mol. The van der Waals surface area contributed by atoms with E-state index in [1.54, 1.807) is 44.6 Å². The molecule has 0 bridgehead atoms. The summed E-state index contributed by atoms with van der Waals surface area (Å²) in [5.74, 6) is 1.05. The number of nitrogens with one attached hydrogen (secondary N) is 2. The largest absolute Gasteiger partial charge is 0.345 e. The zero-order valence-electron chi connectivity index (χ0n) is 18.0. The Balaban J connectivity index is 1.77. The standard InChI is InChI=1S/C24H24N6O/c1-16-13-19(7-10-22(31)30(3)4)14-17(2)23(16)28-21-11-12-26-24(29-21)27-20-8-5-18(15-25)6-9-20/h5-14H,1-4H3,(H2,26,27,28,29).